The second kappa shape index (κ2) is 5.74. The Morgan fingerprint density at radius 3 is 2.95 bits per heavy atom. The Morgan fingerprint density at radius 2 is 2.29 bits per heavy atom. The molecule has 108 valence electrons. The number of amides is 1. The van der Waals surface area contributed by atoms with Gasteiger partial charge in [-0.3, -0.25) is 4.79 Å². The van der Waals surface area contributed by atoms with E-state index in [-0.39, 0.29) is 23.9 Å². The summed E-state index contributed by atoms with van der Waals surface area (Å²) < 4.78 is 11.0. The number of nitrogens with two attached hydrogens (primary N) is 1. The topological polar surface area (TPSA) is 94.3 Å². The molecule has 0 unspecified atom stereocenters. The van der Waals surface area contributed by atoms with E-state index in [2.05, 4.69) is 26.4 Å². The quantitative estimate of drug-likeness (QED) is 0.737. The third kappa shape index (κ3) is 2.86. The molecular formula is C13H10BrN3O3S. The summed E-state index contributed by atoms with van der Waals surface area (Å²) in [4.78, 5) is 13.1. The molecule has 1 amide bonds. The van der Waals surface area contributed by atoms with Crippen LogP contribution in [0.15, 0.2) is 43.3 Å². The first-order chi connectivity index (χ1) is 10.1. The average Bonchev–Trinajstić information content (AvgIpc) is 3.17. The van der Waals surface area contributed by atoms with Crippen molar-refractivity contribution in [2.24, 2.45) is 0 Å². The van der Waals surface area contributed by atoms with Crippen LogP contribution in [-0.4, -0.2) is 11.1 Å². The summed E-state index contributed by atoms with van der Waals surface area (Å²) in [7, 11) is 0. The fourth-order valence-corrected chi connectivity index (χ4v) is 3.17. The first kappa shape index (κ1) is 13.9. The number of hydrogen-bond donors (Lipinski definition) is 2. The van der Waals surface area contributed by atoms with Crippen molar-refractivity contribution in [2.45, 2.75) is 6.54 Å². The summed E-state index contributed by atoms with van der Waals surface area (Å²) >= 11 is 4.81. The molecule has 0 fully saturated rings. The number of furan rings is 1. The Bertz CT molecular complexity index is 764. The third-order valence-corrected chi connectivity index (χ3v) is 4.39. The normalized spacial score (nSPS) is 10.7. The smallest absolute Gasteiger partial charge is 0.259 e. The molecule has 6 nitrogen and oxygen atoms in total. The highest BCUT2D eigenvalue weighted by Gasteiger charge is 2.23. The highest BCUT2D eigenvalue weighted by atomic mass is 79.9. The van der Waals surface area contributed by atoms with Crippen molar-refractivity contribution in [3.05, 3.63) is 45.6 Å². The molecule has 3 aromatic heterocycles. The zero-order chi connectivity index (χ0) is 14.8. The molecule has 0 bridgehead atoms. The summed E-state index contributed by atoms with van der Waals surface area (Å²) in [6, 6.07) is 7.24. The summed E-state index contributed by atoms with van der Waals surface area (Å²) in [5.41, 5.74) is 6.38. The van der Waals surface area contributed by atoms with Gasteiger partial charge in [-0.1, -0.05) is 5.16 Å². The van der Waals surface area contributed by atoms with Gasteiger partial charge >= 0.3 is 0 Å². The highest BCUT2D eigenvalue weighted by Crippen LogP contribution is 2.34. The van der Waals surface area contributed by atoms with Gasteiger partial charge in [0.15, 0.2) is 0 Å². The zero-order valence-electron chi connectivity index (χ0n) is 10.6. The number of nitrogen functional groups attached to an aromatic ring is 1. The number of carbonyl (C=O) groups excluding carboxylic acids is 1. The molecule has 0 aliphatic carbocycles. The van der Waals surface area contributed by atoms with Gasteiger partial charge in [0.05, 0.1) is 21.5 Å². The summed E-state index contributed by atoms with van der Waals surface area (Å²) in [6.45, 7) is 0.268. The molecule has 0 aliphatic heterocycles. The molecule has 0 aromatic carbocycles. The Hall–Kier alpha value is -2.06. The summed E-state index contributed by atoms with van der Waals surface area (Å²) in [6.07, 6.45) is 1.55. The molecule has 0 saturated carbocycles. The van der Waals surface area contributed by atoms with Crippen molar-refractivity contribution in [3.8, 4) is 10.6 Å². The minimum absolute atomic E-state index is 0.00790. The van der Waals surface area contributed by atoms with Crippen LogP contribution in [0.2, 0.25) is 0 Å². The maximum absolute atomic E-state index is 12.3. The van der Waals surface area contributed by atoms with Crippen LogP contribution < -0.4 is 11.1 Å². The standard InChI is InChI=1S/C13H10BrN3O3S/c14-9-4-3-8(21-9)11-10(12(15)20-17-11)13(18)16-6-7-2-1-5-19-7/h1-5H,6,15H2,(H,16,18). The Morgan fingerprint density at radius 1 is 1.43 bits per heavy atom. The number of aromatic nitrogens is 1. The minimum atomic E-state index is -0.357. The van der Waals surface area contributed by atoms with Gasteiger partial charge in [-0.2, -0.15) is 0 Å². The fraction of sp³-hybridized carbons (Fsp3) is 0.0769. The molecular weight excluding hydrogens is 358 g/mol. The molecule has 0 saturated heterocycles. The van der Waals surface area contributed by atoms with Gasteiger partial charge in [-0.15, -0.1) is 11.3 Å². The second-order valence-electron chi connectivity index (χ2n) is 4.14. The lowest BCUT2D eigenvalue weighted by molar-refractivity contribution is 0.0949. The largest absolute Gasteiger partial charge is 0.467 e. The van der Waals surface area contributed by atoms with Crippen molar-refractivity contribution < 1.29 is 13.7 Å². The van der Waals surface area contributed by atoms with E-state index in [1.807, 2.05) is 12.1 Å². The van der Waals surface area contributed by atoms with Crippen LogP contribution in [0.4, 0.5) is 5.88 Å². The molecule has 0 aliphatic rings. The first-order valence-electron chi connectivity index (χ1n) is 5.96. The molecule has 3 aromatic rings. The summed E-state index contributed by atoms with van der Waals surface area (Å²) in [5.74, 6) is 0.287. The van der Waals surface area contributed by atoms with Crippen LogP contribution in [0, 0.1) is 0 Å². The van der Waals surface area contributed by atoms with Crippen LogP contribution in [0.1, 0.15) is 16.1 Å². The van der Waals surface area contributed by atoms with Crippen molar-refractivity contribution in [1.82, 2.24) is 10.5 Å². The van der Waals surface area contributed by atoms with Gasteiger partial charge in [-0.05, 0) is 40.2 Å². The third-order valence-electron chi connectivity index (χ3n) is 2.76. The number of hydrogen-bond acceptors (Lipinski definition) is 6. The first-order valence-corrected chi connectivity index (χ1v) is 7.57. The molecule has 3 heterocycles. The van der Waals surface area contributed by atoms with Crippen LogP contribution in [0.3, 0.4) is 0 Å². The number of carbonyl (C=O) groups is 1. The minimum Gasteiger partial charge on any atom is -0.467 e. The van der Waals surface area contributed by atoms with Crippen LogP contribution in [0.25, 0.3) is 10.6 Å². The van der Waals surface area contributed by atoms with E-state index in [0.717, 1.165) is 8.66 Å². The number of anilines is 1. The molecule has 21 heavy (non-hydrogen) atoms. The number of halogens is 1. The maximum atomic E-state index is 12.3. The van der Waals surface area contributed by atoms with Crippen molar-refractivity contribution in [1.29, 1.82) is 0 Å². The maximum Gasteiger partial charge on any atom is 0.259 e. The van der Waals surface area contributed by atoms with E-state index in [4.69, 9.17) is 14.7 Å². The van der Waals surface area contributed by atoms with Gasteiger partial charge in [0.2, 0.25) is 5.88 Å². The fourth-order valence-electron chi connectivity index (χ4n) is 1.80. The van der Waals surface area contributed by atoms with E-state index in [0.29, 0.717) is 11.5 Å². The lowest BCUT2D eigenvalue weighted by Crippen LogP contribution is -2.23. The van der Waals surface area contributed by atoms with Crippen molar-refractivity contribution in [2.75, 3.05) is 5.73 Å². The van der Waals surface area contributed by atoms with Gasteiger partial charge in [0, 0.05) is 0 Å². The van der Waals surface area contributed by atoms with Crippen LogP contribution >= 0.6 is 27.3 Å². The van der Waals surface area contributed by atoms with E-state index in [1.165, 1.54) is 11.3 Å². The molecule has 0 radical (unpaired) electrons. The van der Waals surface area contributed by atoms with E-state index in [9.17, 15) is 4.79 Å². The lowest BCUT2D eigenvalue weighted by atomic mass is 10.2. The number of thiophene rings is 1. The number of nitrogens with one attached hydrogen (secondary N) is 1. The van der Waals surface area contributed by atoms with E-state index >= 15 is 0 Å². The predicted octanol–water partition coefficient (Wildman–Crippen LogP) is 3.27. The zero-order valence-corrected chi connectivity index (χ0v) is 13.0. The molecule has 3 N–H and O–H groups in total. The molecule has 0 spiro atoms. The van der Waals surface area contributed by atoms with Crippen LogP contribution in [0.5, 0.6) is 0 Å². The summed E-state index contributed by atoms with van der Waals surface area (Å²) in [5, 5.41) is 6.60. The van der Waals surface area contributed by atoms with Crippen LogP contribution in [-0.2, 0) is 6.54 Å². The van der Waals surface area contributed by atoms with Gasteiger partial charge in [0.25, 0.3) is 5.91 Å². The average molecular weight is 368 g/mol. The highest BCUT2D eigenvalue weighted by molar-refractivity contribution is 9.11. The predicted molar refractivity (Wildman–Crippen MR) is 81.8 cm³/mol. The van der Waals surface area contributed by atoms with Gasteiger partial charge in [0.1, 0.15) is 17.0 Å². The van der Waals surface area contributed by atoms with Gasteiger partial charge < -0.3 is 20.0 Å². The Labute approximate surface area is 132 Å². The second-order valence-corrected chi connectivity index (χ2v) is 6.60. The molecule has 8 heteroatoms. The van der Waals surface area contributed by atoms with E-state index in [1.54, 1.807) is 18.4 Å². The number of nitrogens with zero attached hydrogens (tertiary/aromatic N) is 1. The Balaban J connectivity index is 1.84. The SMILES string of the molecule is Nc1onc(-c2ccc(Br)s2)c1C(=O)NCc1ccco1. The van der Waals surface area contributed by atoms with Crippen molar-refractivity contribution in [3.63, 3.8) is 0 Å². The van der Waals surface area contributed by atoms with E-state index < -0.39 is 0 Å². The monoisotopic (exact) mass is 367 g/mol. The van der Waals surface area contributed by atoms with Crippen molar-refractivity contribution >= 4 is 39.1 Å². The Kier molecular flexibility index (Phi) is 3.80. The molecule has 0 atom stereocenters. The lowest BCUT2D eigenvalue weighted by Gasteiger charge is -2.02. The number of rotatable bonds is 4. The molecule has 3 rings (SSSR count). The van der Waals surface area contributed by atoms with Gasteiger partial charge in [-0.25, -0.2) is 0 Å².